The van der Waals surface area contributed by atoms with Crippen molar-refractivity contribution in [3.63, 3.8) is 0 Å². The lowest BCUT2D eigenvalue weighted by Gasteiger charge is -2.15. The second-order valence-electron chi connectivity index (χ2n) is 5.99. The Hall–Kier alpha value is -3.92. The maximum Gasteiger partial charge on any atom is 0.162 e. The van der Waals surface area contributed by atoms with E-state index in [1.54, 1.807) is 39.7 Å². The molecule has 0 amide bonds. The maximum absolute atomic E-state index is 9.61. The Labute approximate surface area is 161 Å². The highest BCUT2D eigenvalue weighted by molar-refractivity contribution is 6.01. The van der Waals surface area contributed by atoms with Crippen LogP contribution in [0.5, 0.6) is 17.2 Å². The van der Waals surface area contributed by atoms with E-state index in [1.165, 1.54) is 6.20 Å². The summed E-state index contributed by atoms with van der Waals surface area (Å²) in [5, 5.41) is 14.5. The van der Waals surface area contributed by atoms with Crippen molar-refractivity contribution in [2.24, 2.45) is 0 Å². The summed E-state index contributed by atoms with van der Waals surface area (Å²) in [4.78, 5) is 4.38. The fraction of sp³-hybridized carbons (Fsp3) is 0.143. The first-order valence-corrected chi connectivity index (χ1v) is 8.46. The summed E-state index contributed by atoms with van der Waals surface area (Å²) in [5.74, 6) is 1.82. The Bertz CT molecular complexity index is 1220. The molecular weight excluding hydrogens is 358 g/mol. The Morgan fingerprint density at radius 3 is 2.43 bits per heavy atom. The van der Waals surface area contributed by atoms with Crippen molar-refractivity contribution in [3.8, 4) is 23.3 Å². The summed E-state index contributed by atoms with van der Waals surface area (Å²) in [6.45, 7) is 0. The van der Waals surface area contributed by atoms with Crippen molar-refractivity contribution >= 4 is 33.2 Å². The number of methoxy groups -OCH3 is 3. The number of pyridine rings is 1. The van der Waals surface area contributed by atoms with E-state index in [0.717, 1.165) is 10.8 Å². The van der Waals surface area contributed by atoms with Crippen LogP contribution in [0.25, 0.3) is 21.9 Å². The minimum atomic E-state index is 0.398. The van der Waals surface area contributed by atoms with Gasteiger partial charge in [-0.15, -0.1) is 0 Å². The topological polar surface area (TPSA) is 89.5 Å². The van der Waals surface area contributed by atoms with Crippen molar-refractivity contribution in [1.82, 2.24) is 4.98 Å². The number of rotatable bonds is 5. The van der Waals surface area contributed by atoms with Gasteiger partial charge in [0.1, 0.15) is 11.8 Å². The van der Waals surface area contributed by atoms with Gasteiger partial charge in [-0.1, -0.05) is 0 Å². The van der Waals surface area contributed by atoms with E-state index in [0.29, 0.717) is 45.3 Å². The van der Waals surface area contributed by atoms with Gasteiger partial charge in [0.15, 0.2) is 17.1 Å². The summed E-state index contributed by atoms with van der Waals surface area (Å²) < 4.78 is 21.8. The molecule has 0 unspecified atom stereocenters. The number of benzene rings is 2. The summed E-state index contributed by atoms with van der Waals surface area (Å²) in [7, 11) is 4.74. The molecule has 0 atom stereocenters. The molecule has 4 rings (SSSR count). The SMILES string of the molecule is COc1cc2ncc(C#N)c(Nc3ccc(OC)c4ccoc34)c2cc1OC. The number of anilines is 2. The lowest BCUT2D eigenvalue weighted by Crippen LogP contribution is -1.99. The summed E-state index contributed by atoms with van der Waals surface area (Å²) in [6.07, 6.45) is 3.13. The van der Waals surface area contributed by atoms with E-state index in [2.05, 4.69) is 16.4 Å². The predicted molar refractivity (Wildman–Crippen MR) is 106 cm³/mol. The molecule has 2 heterocycles. The van der Waals surface area contributed by atoms with Gasteiger partial charge in [0, 0.05) is 17.6 Å². The molecule has 0 aliphatic heterocycles. The zero-order chi connectivity index (χ0) is 19.7. The molecule has 0 saturated carbocycles. The van der Waals surface area contributed by atoms with Gasteiger partial charge in [-0.25, -0.2) is 0 Å². The number of hydrogen-bond donors (Lipinski definition) is 1. The standard InChI is InChI=1S/C21H17N3O4/c1-25-17-5-4-15(21-13(17)6-7-28-21)24-20-12(10-22)11-23-16-9-19(27-3)18(26-2)8-14(16)20/h4-9,11H,1-3H3,(H,23,24). The molecule has 7 heteroatoms. The quantitative estimate of drug-likeness (QED) is 0.544. The molecule has 140 valence electrons. The predicted octanol–water partition coefficient (Wildman–Crippen LogP) is 4.62. The number of nitriles is 1. The van der Waals surface area contributed by atoms with Gasteiger partial charge in [-0.2, -0.15) is 5.26 Å². The Balaban J connectivity index is 1.93. The molecule has 28 heavy (non-hydrogen) atoms. The average Bonchev–Trinajstić information content (AvgIpc) is 3.23. The molecule has 0 bridgehead atoms. The number of nitrogens with one attached hydrogen (secondary N) is 1. The van der Waals surface area contributed by atoms with Crippen LogP contribution in [0.15, 0.2) is 47.2 Å². The maximum atomic E-state index is 9.61. The van der Waals surface area contributed by atoms with Crippen LogP contribution in [-0.4, -0.2) is 26.3 Å². The first-order valence-electron chi connectivity index (χ1n) is 8.46. The molecule has 1 N–H and O–H groups in total. The van der Waals surface area contributed by atoms with Crippen LogP contribution in [0.1, 0.15) is 5.56 Å². The third-order valence-corrected chi connectivity index (χ3v) is 4.55. The number of aromatic nitrogens is 1. The van der Waals surface area contributed by atoms with Crippen molar-refractivity contribution in [2.75, 3.05) is 26.6 Å². The molecule has 0 spiro atoms. The van der Waals surface area contributed by atoms with Crippen LogP contribution >= 0.6 is 0 Å². The van der Waals surface area contributed by atoms with Gasteiger partial charge in [0.2, 0.25) is 0 Å². The third-order valence-electron chi connectivity index (χ3n) is 4.55. The molecule has 0 aliphatic rings. The highest BCUT2D eigenvalue weighted by atomic mass is 16.5. The lowest BCUT2D eigenvalue weighted by atomic mass is 10.1. The van der Waals surface area contributed by atoms with E-state index >= 15 is 0 Å². The van der Waals surface area contributed by atoms with Gasteiger partial charge in [0.25, 0.3) is 0 Å². The monoisotopic (exact) mass is 375 g/mol. The fourth-order valence-electron chi connectivity index (χ4n) is 3.19. The van der Waals surface area contributed by atoms with E-state index < -0.39 is 0 Å². The zero-order valence-corrected chi connectivity index (χ0v) is 15.6. The summed E-state index contributed by atoms with van der Waals surface area (Å²) in [5.41, 5.74) is 3.02. The molecule has 4 aromatic rings. The molecule has 0 radical (unpaired) electrons. The van der Waals surface area contributed by atoms with Crippen LogP contribution < -0.4 is 19.5 Å². The van der Waals surface area contributed by atoms with Crippen molar-refractivity contribution in [2.45, 2.75) is 0 Å². The fourth-order valence-corrected chi connectivity index (χ4v) is 3.19. The highest BCUT2D eigenvalue weighted by Gasteiger charge is 2.16. The normalized spacial score (nSPS) is 10.6. The number of hydrogen-bond acceptors (Lipinski definition) is 7. The van der Waals surface area contributed by atoms with E-state index in [1.807, 2.05) is 18.2 Å². The van der Waals surface area contributed by atoms with Gasteiger partial charge >= 0.3 is 0 Å². The van der Waals surface area contributed by atoms with Gasteiger partial charge in [-0.3, -0.25) is 4.98 Å². The Morgan fingerprint density at radius 1 is 0.964 bits per heavy atom. The van der Waals surface area contributed by atoms with Crippen LogP contribution in [-0.2, 0) is 0 Å². The average molecular weight is 375 g/mol. The van der Waals surface area contributed by atoms with Gasteiger partial charge in [-0.05, 0) is 24.3 Å². The number of ether oxygens (including phenoxy) is 3. The molecule has 2 aromatic heterocycles. The Morgan fingerprint density at radius 2 is 1.71 bits per heavy atom. The largest absolute Gasteiger partial charge is 0.496 e. The summed E-state index contributed by atoms with van der Waals surface area (Å²) >= 11 is 0. The number of fused-ring (bicyclic) bond motifs is 2. The van der Waals surface area contributed by atoms with Crippen LogP contribution in [0, 0.1) is 11.3 Å². The molecule has 7 nitrogen and oxygen atoms in total. The van der Waals surface area contributed by atoms with Crippen LogP contribution in [0.4, 0.5) is 11.4 Å². The second-order valence-corrected chi connectivity index (χ2v) is 5.99. The first kappa shape index (κ1) is 17.5. The lowest BCUT2D eigenvalue weighted by molar-refractivity contribution is 0.356. The zero-order valence-electron chi connectivity index (χ0n) is 15.6. The molecule has 2 aromatic carbocycles. The van der Waals surface area contributed by atoms with Gasteiger partial charge in [0.05, 0.1) is 55.4 Å². The third kappa shape index (κ3) is 2.72. The molecule has 0 fully saturated rings. The molecule has 0 aliphatic carbocycles. The van der Waals surface area contributed by atoms with E-state index in [-0.39, 0.29) is 0 Å². The number of nitrogens with zero attached hydrogens (tertiary/aromatic N) is 2. The minimum absolute atomic E-state index is 0.398. The van der Waals surface area contributed by atoms with Crippen molar-refractivity contribution in [1.29, 1.82) is 5.26 Å². The van der Waals surface area contributed by atoms with Crippen LogP contribution in [0.3, 0.4) is 0 Å². The van der Waals surface area contributed by atoms with Crippen LogP contribution in [0.2, 0.25) is 0 Å². The van der Waals surface area contributed by atoms with Gasteiger partial charge < -0.3 is 23.9 Å². The van der Waals surface area contributed by atoms with E-state index in [4.69, 9.17) is 18.6 Å². The van der Waals surface area contributed by atoms with Crippen molar-refractivity contribution < 1.29 is 18.6 Å². The summed E-state index contributed by atoms with van der Waals surface area (Å²) in [6, 6.07) is 11.3. The van der Waals surface area contributed by atoms with Crippen molar-refractivity contribution in [3.05, 3.63) is 48.4 Å². The second kappa shape index (κ2) is 7.00. The first-order chi connectivity index (χ1) is 13.7. The smallest absolute Gasteiger partial charge is 0.162 e. The molecule has 0 saturated heterocycles. The Kier molecular flexibility index (Phi) is 4.38. The molecular formula is C21H17N3O4. The minimum Gasteiger partial charge on any atom is -0.496 e. The van der Waals surface area contributed by atoms with E-state index in [9.17, 15) is 5.26 Å². The number of furan rings is 1. The highest BCUT2D eigenvalue weighted by Crippen LogP contribution is 2.39.